The number of ether oxygens (including phenoxy) is 1. The van der Waals surface area contributed by atoms with E-state index >= 15 is 0 Å². The summed E-state index contributed by atoms with van der Waals surface area (Å²) in [4.78, 5) is 58.5. The highest BCUT2D eigenvalue weighted by Gasteiger charge is 2.40. The number of morpholine rings is 1. The maximum atomic E-state index is 14.0. The number of nitrogens with one attached hydrogen (secondary N) is 1. The first kappa shape index (κ1) is 28.2. The standard InChI is InChI=1S/C31H28N6O5S/c38-27(19-37-30(40)24-8-4-5-9-25(24)31(37)41)36(18-21-6-2-1-3-7-21)28(26-20-43-34-33-26)29(39)32-22-10-12-23(13-11-22)35-14-16-42-17-15-35/h1-13,20,28H,14-19H2,(H,32,39). The molecule has 6 rings (SSSR count). The molecule has 43 heavy (non-hydrogen) atoms. The van der Waals surface area contributed by atoms with Crippen LogP contribution in [0.15, 0.2) is 84.2 Å². The van der Waals surface area contributed by atoms with Crippen LogP contribution in [0.2, 0.25) is 0 Å². The van der Waals surface area contributed by atoms with Crippen molar-refractivity contribution in [2.24, 2.45) is 0 Å². The van der Waals surface area contributed by atoms with E-state index in [1.54, 1.807) is 41.8 Å². The van der Waals surface area contributed by atoms with Gasteiger partial charge in [-0.25, -0.2) is 0 Å². The van der Waals surface area contributed by atoms with Crippen LogP contribution in [0, 0.1) is 0 Å². The lowest BCUT2D eigenvalue weighted by Crippen LogP contribution is -2.47. The topological polar surface area (TPSA) is 125 Å². The minimum absolute atomic E-state index is 0.0361. The number of amides is 4. The maximum Gasteiger partial charge on any atom is 0.262 e. The highest BCUT2D eigenvalue weighted by Crippen LogP contribution is 2.28. The first-order valence-electron chi connectivity index (χ1n) is 13.8. The molecule has 0 bridgehead atoms. The Kier molecular flexibility index (Phi) is 8.20. The summed E-state index contributed by atoms with van der Waals surface area (Å²) in [6.07, 6.45) is 0. The molecule has 218 valence electrons. The number of carbonyl (C=O) groups excluding carboxylic acids is 4. The summed E-state index contributed by atoms with van der Waals surface area (Å²) >= 11 is 1.06. The van der Waals surface area contributed by atoms with Crippen LogP contribution in [0.4, 0.5) is 11.4 Å². The molecule has 11 nitrogen and oxygen atoms in total. The number of aromatic nitrogens is 2. The van der Waals surface area contributed by atoms with Gasteiger partial charge < -0.3 is 19.9 Å². The quantitative estimate of drug-likeness (QED) is 0.292. The lowest BCUT2D eigenvalue weighted by atomic mass is 10.1. The van der Waals surface area contributed by atoms with Crippen LogP contribution in [-0.2, 0) is 20.9 Å². The third-order valence-corrected chi connectivity index (χ3v) is 7.94. The van der Waals surface area contributed by atoms with Crippen LogP contribution < -0.4 is 10.2 Å². The maximum absolute atomic E-state index is 14.0. The molecular formula is C31H28N6O5S. The number of anilines is 2. The number of hydrogen-bond acceptors (Lipinski definition) is 9. The van der Waals surface area contributed by atoms with Crippen molar-refractivity contribution in [3.63, 3.8) is 0 Å². The van der Waals surface area contributed by atoms with Gasteiger partial charge in [0.15, 0.2) is 6.04 Å². The minimum Gasteiger partial charge on any atom is -0.378 e. The molecule has 1 atom stereocenters. The van der Waals surface area contributed by atoms with Gasteiger partial charge in [-0.2, -0.15) is 0 Å². The lowest BCUT2D eigenvalue weighted by molar-refractivity contribution is -0.140. The number of benzene rings is 3. The molecule has 0 radical (unpaired) electrons. The Morgan fingerprint density at radius 1 is 0.907 bits per heavy atom. The van der Waals surface area contributed by atoms with E-state index in [1.165, 1.54) is 4.90 Å². The second kappa shape index (κ2) is 12.5. The Labute approximate surface area is 251 Å². The van der Waals surface area contributed by atoms with Crippen molar-refractivity contribution >= 4 is 46.5 Å². The number of fused-ring (bicyclic) bond motifs is 1. The Balaban J connectivity index is 1.28. The van der Waals surface area contributed by atoms with Gasteiger partial charge in [0.1, 0.15) is 12.2 Å². The summed E-state index contributed by atoms with van der Waals surface area (Å²) in [5.41, 5.74) is 3.08. The zero-order valence-electron chi connectivity index (χ0n) is 23.1. The summed E-state index contributed by atoms with van der Waals surface area (Å²) in [6, 6.07) is 21.9. The van der Waals surface area contributed by atoms with E-state index in [1.807, 2.05) is 42.5 Å². The van der Waals surface area contributed by atoms with Crippen LogP contribution in [0.5, 0.6) is 0 Å². The van der Waals surface area contributed by atoms with Crippen molar-refractivity contribution < 1.29 is 23.9 Å². The Morgan fingerprint density at radius 2 is 1.56 bits per heavy atom. The van der Waals surface area contributed by atoms with Gasteiger partial charge in [0.2, 0.25) is 5.91 Å². The first-order chi connectivity index (χ1) is 21.0. The van der Waals surface area contributed by atoms with Gasteiger partial charge in [-0.15, -0.1) is 5.10 Å². The van der Waals surface area contributed by atoms with Gasteiger partial charge in [0.05, 0.1) is 24.3 Å². The SMILES string of the molecule is O=C(Nc1ccc(N2CCOCC2)cc1)C(c1csnn1)N(Cc1ccccc1)C(=O)CN1C(=O)c2ccccc2C1=O. The molecule has 3 heterocycles. The van der Waals surface area contributed by atoms with Gasteiger partial charge in [-0.3, -0.25) is 24.1 Å². The molecule has 0 saturated carbocycles. The van der Waals surface area contributed by atoms with Gasteiger partial charge in [-0.1, -0.05) is 47.0 Å². The Hall–Kier alpha value is -4.94. The second-order valence-corrected chi connectivity index (χ2v) is 10.7. The monoisotopic (exact) mass is 596 g/mol. The number of rotatable bonds is 9. The predicted molar refractivity (Wildman–Crippen MR) is 160 cm³/mol. The van der Waals surface area contributed by atoms with E-state index in [0.717, 1.165) is 40.8 Å². The first-order valence-corrected chi connectivity index (χ1v) is 14.6. The van der Waals surface area contributed by atoms with Gasteiger partial charge >= 0.3 is 0 Å². The average Bonchev–Trinajstić information content (AvgIpc) is 3.65. The molecule has 3 aromatic carbocycles. The largest absolute Gasteiger partial charge is 0.378 e. The molecule has 4 aromatic rings. The molecular weight excluding hydrogens is 568 g/mol. The highest BCUT2D eigenvalue weighted by molar-refractivity contribution is 7.03. The summed E-state index contributed by atoms with van der Waals surface area (Å²) in [7, 11) is 0. The molecule has 1 unspecified atom stereocenters. The van der Waals surface area contributed by atoms with E-state index in [0.29, 0.717) is 18.9 Å². The van der Waals surface area contributed by atoms with E-state index in [4.69, 9.17) is 4.74 Å². The van der Waals surface area contributed by atoms with Crippen LogP contribution in [0.3, 0.4) is 0 Å². The Bertz CT molecular complexity index is 1590. The summed E-state index contributed by atoms with van der Waals surface area (Å²) in [6.45, 7) is 2.40. The van der Waals surface area contributed by atoms with Crippen molar-refractivity contribution in [2.75, 3.05) is 43.1 Å². The normalized spacial score (nSPS) is 15.3. The number of nitrogens with zero attached hydrogens (tertiary/aromatic N) is 5. The molecule has 12 heteroatoms. The fraction of sp³-hybridized carbons (Fsp3) is 0.226. The third-order valence-electron chi connectivity index (χ3n) is 7.42. The molecule has 0 spiro atoms. The molecule has 1 saturated heterocycles. The fourth-order valence-corrected chi connectivity index (χ4v) is 5.70. The molecule has 0 aliphatic carbocycles. The average molecular weight is 597 g/mol. The van der Waals surface area contributed by atoms with Crippen molar-refractivity contribution in [1.82, 2.24) is 19.4 Å². The smallest absolute Gasteiger partial charge is 0.262 e. The van der Waals surface area contributed by atoms with E-state index in [-0.39, 0.29) is 23.4 Å². The van der Waals surface area contributed by atoms with Crippen LogP contribution in [-0.4, -0.2) is 75.9 Å². The van der Waals surface area contributed by atoms with Gasteiger partial charge in [0, 0.05) is 36.4 Å². The number of hydrogen-bond donors (Lipinski definition) is 1. The summed E-state index contributed by atoms with van der Waals surface area (Å²) in [5.74, 6) is -2.19. The van der Waals surface area contributed by atoms with Crippen molar-refractivity contribution in [3.8, 4) is 0 Å². The zero-order valence-corrected chi connectivity index (χ0v) is 23.9. The summed E-state index contributed by atoms with van der Waals surface area (Å²) in [5, 5.41) is 8.67. The number of imide groups is 1. The van der Waals surface area contributed by atoms with E-state index in [9.17, 15) is 19.2 Å². The molecule has 2 aliphatic rings. The van der Waals surface area contributed by atoms with Gasteiger partial charge in [0.25, 0.3) is 17.7 Å². The highest BCUT2D eigenvalue weighted by atomic mass is 32.1. The predicted octanol–water partition coefficient (Wildman–Crippen LogP) is 3.38. The third kappa shape index (κ3) is 6.01. The van der Waals surface area contributed by atoms with Crippen molar-refractivity contribution in [3.05, 3.63) is 107 Å². The molecule has 1 aromatic heterocycles. The van der Waals surface area contributed by atoms with E-state index in [2.05, 4.69) is 19.8 Å². The second-order valence-electron chi connectivity index (χ2n) is 10.1. The molecule has 1 N–H and O–H groups in total. The molecule has 2 aliphatic heterocycles. The Morgan fingerprint density at radius 3 is 2.19 bits per heavy atom. The fourth-order valence-electron chi connectivity index (χ4n) is 5.23. The van der Waals surface area contributed by atoms with Crippen LogP contribution in [0.25, 0.3) is 0 Å². The van der Waals surface area contributed by atoms with Crippen molar-refractivity contribution in [2.45, 2.75) is 12.6 Å². The van der Waals surface area contributed by atoms with E-state index < -0.39 is 36.2 Å². The minimum atomic E-state index is -1.18. The summed E-state index contributed by atoms with van der Waals surface area (Å²) < 4.78 is 9.37. The number of carbonyl (C=O) groups is 4. The van der Waals surface area contributed by atoms with Crippen LogP contribution >= 0.6 is 11.5 Å². The lowest BCUT2D eigenvalue weighted by Gasteiger charge is -2.31. The van der Waals surface area contributed by atoms with Crippen molar-refractivity contribution in [1.29, 1.82) is 0 Å². The van der Waals surface area contributed by atoms with Crippen LogP contribution in [0.1, 0.15) is 38.0 Å². The molecule has 4 amide bonds. The zero-order chi connectivity index (χ0) is 29.8. The molecule has 1 fully saturated rings. The van der Waals surface area contributed by atoms with Gasteiger partial charge in [-0.05, 0) is 53.5 Å².